The van der Waals surface area contributed by atoms with Crippen molar-refractivity contribution in [1.29, 1.82) is 0 Å². The minimum Gasteiger partial charge on any atom is -0.327 e. The van der Waals surface area contributed by atoms with Crippen molar-refractivity contribution in [3.05, 3.63) is 35.7 Å². The summed E-state index contributed by atoms with van der Waals surface area (Å²) in [5.74, 6) is 0.581. The molecule has 0 aliphatic carbocycles. The molecule has 0 radical (unpaired) electrons. The maximum atomic E-state index is 11.2. The van der Waals surface area contributed by atoms with Crippen molar-refractivity contribution in [3.8, 4) is 0 Å². The van der Waals surface area contributed by atoms with Gasteiger partial charge in [-0.2, -0.15) is 0 Å². The van der Waals surface area contributed by atoms with Gasteiger partial charge in [0.2, 0.25) is 0 Å². The predicted molar refractivity (Wildman–Crippen MR) is 110 cm³/mol. The Morgan fingerprint density at radius 2 is 2.11 bits per heavy atom. The van der Waals surface area contributed by atoms with E-state index < -0.39 is 5.91 Å². The third-order valence-electron chi connectivity index (χ3n) is 4.53. The first-order valence-corrected chi connectivity index (χ1v) is 9.89. The van der Waals surface area contributed by atoms with Gasteiger partial charge in [0, 0.05) is 31.6 Å². The molecule has 2 rings (SSSR count). The van der Waals surface area contributed by atoms with Gasteiger partial charge in [-0.15, -0.1) is 0 Å². The summed E-state index contributed by atoms with van der Waals surface area (Å²) >= 11 is 0. The van der Waals surface area contributed by atoms with Crippen molar-refractivity contribution in [1.82, 2.24) is 20.3 Å². The molecule has 0 fully saturated rings. The summed E-state index contributed by atoms with van der Waals surface area (Å²) in [6, 6.07) is 6.47. The molecular formula is C21H32N4O2. The van der Waals surface area contributed by atoms with Crippen LogP contribution in [0.25, 0.3) is 17.1 Å². The quantitative estimate of drug-likeness (QED) is 0.243. The zero-order chi connectivity index (χ0) is 19.6. The minimum atomic E-state index is -0.544. The van der Waals surface area contributed by atoms with E-state index in [1.807, 2.05) is 12.1 Å². The maximum absolute atomic E-state index is 11.2. The number of rotatable bonds is 11. The molecule has 6 nitrogen and oxygen atoms in total. The number of hydroxylamine groups is 1. The molecule has 2 aromatic rings. The van der Waals surface area contributed by atoms with Crippen LogP contribution >= 0.6 is 0 Å². The molecule has 0 aliphatic heterocycles. The number of amides is 1. The summed E-state index contributed by atoms with van der Waals surface area (Å²) in [4.78, 5) is 16.0. The standard InChI is InChI=1S/C21H32N4O2/c1-4-5-6-7-8-20-23-18-15-17(10-12-21(26)24-27)9-11-19(18)25(20)14-13-22-16(2)3/h9-12,15-16,22,27H,4-8,13-14H2,1-3H3,(H,24,26). The van der Waals surface area contributed by atoms with Gasteiger partial charge in [0.25, 0.3) is 5.91 Å². The van der Waals surface area contributed by atoms with Gasteiger partial charge in [-0.05, 0) is 30.2 Å². The second kappa shape index (κ2) is 10.8. The zero-order valence-corrected chi connectivity index (χ0v) is 16.7. The average molecular weight is 373 g/mol. The van der Waals surface area contributed by atoms with Crippen LogP contribution in [0.15, 0.2) is 24.3 Å². The van der Waals surface area contributed by atoms with Crippen molar-refractivity contribution in [2.45, 2.75) is 65.5 Å². The van der Waals surface area contributed by atoms with Gasteiger partial charge in [0.1, 0.15) is 5.82 Å². The highest BCUT2D eigenvalue weighted by Crippen LogP contribution is 2.20. The molecule has 27 heavy (non-hydrogen) atoms. The number of unbranched alkanes of at least 4 members (excludes halogenated alkanes) is 3. The van der Waals surface area contributed by atoms with E-state index in [2.05, 4.69) is 36.7 Å². The van der Waals surface area contributed by atoms with Crippen molar-refractivity contribution in [2.24, 2.45) is 0 Å². The number of imidazole rings is 1. The lowest BCUT2D eigenvalue weighted by molar-refractivity contribution is -0.124. The molecule has 3 N–H and O–H groups in total. The number of carbonyl (C=O) groups is 1. The number of aryl methyl sites for hydroxylation is 1. The highest BCUT2D eigenvalue weighted by molar-refractivity contribution is 5.91. The molecule has 1 aromatic carbocycles. The molecule has 0 aliphatic rings. The van der Waals surface area contributed by atoms with Gasteiger partial charge in [-0.1, -0.05) is 46.1 Å². The second-order valence-electron chi connectivity index (χ2n) is 7.16. The van der Waals surface area contributed by atoms with Gasteiger partial charge >= 0.3 is 0 Å². The normalized spacial score (nSPS) is 11.7. The molecule has 0 atom stereocenters. The Balaban J connectivity index is 2.23. The second-order valence-corrected chi connectivity index (χ2v) is 7.16. The molecule has 0 bridgehead atoms. The van der Waals surface area contributed by atoms with Crippen LogP contribution < -0.4 is 10.8 Å². The van der Waals surface area contributed by atoms with E-state index in [4.69, 9.17) is 10.2 Å². The monoisotopic (exact) mass is 372 g/mol. The predicted octanol–water partition coefficient (Wildman–Crippen LogP) is 3.68. The van der Waals surface area contributed by atoms with Crippen molar-refractivity contribution in [2.75, 3.05) is 6.54 Å². The molecule has 0 saturated heterocycles. The lowest BCUT2D eigenvalue weighted by atomic mass is 10.1. The number of benzene rings is 1. The topological polar surface area (TPSA) is 79.2 Å². The van der Waals surface area contributed by atoms with Crippen molar-refractivity contribution < 1.29 is 10.0 Å². The Hall–Kier alpha value is -2.18. The molecule has 1 heterocycles. The molecule has 1 amide bonds. The Bertz CT molecular complexity index is 765. The zero-order valence-electron chi connectivity index (χ0n) is 16.7. The average Bonchev–Trinajstić information content (AvgIpc) is 2.99. The Morgan fingerprint density at radius 3 is 2.81 bits per heavy atom. The van der Waals surface area contributed by atoms with Gasteiger partial charge in [0.15, 0.2) is 0 Å². The van der Waals surface area contributed by atoms with Gasteiger partial charge in [0.05, 0.1) is 11.0 Å². The van der Waals surface area contributed by atoms with Crippen LogP contribution in [0.3, 0.4) is 0 Å². The molecule has 0 saturated carbocycles. The number of nitrogens with zero attached hydrogens (tertiary/aromatic N) is 2. The van der Waals surface area contributed by atoms with Gasteiger partial charge < -0.3 is 9.88 Å². The minimum absolute atomic E-state index is 0.460. The first-order valence-electron chi connectivity index (χ1n) is 9.89. The van der Waals surface area contributed by atoms with Crippen LogP contribution in [0.1, 0.15) is 57.8 Å². The molecule has 0 spiro atoms. The fourth-order valence-corrected chi connectivity index (χ4v) is 3.12. The molecule has 1 aromatic heterocycles. The van der Waals surface area contributed by atoms with E-state index in [0.717, 1.165) is 48.4 Å². The maximum Gasteiger partial charge on any atom is 0.267 e. The van der Waals surface area contributed by atoms with Crippen molar-refractivity contribution >= 4 is 23.0 Å². The van der Waals surface area contributed by atoms with E-state index in [0.29, 0.717) is 6.04 Å². The fourth-order valence-electron chi connectivity index (χ4n) is 3.12. The van der Waals surface area contributed by atoms with Crippen LogP contribution in [-0.2, 0) is 17.8 Å². The van der Waals surface area contributed by atoms with E-state index >= 15 is 0 Å². The smallest absolute Gasteiger partial charge is 0.267 e. The van der Waals surface area contributed by atoms with Crippen LogP contribution in [0.2, 0.25) is 0 Å². The molecule has 148 valence electrons. The Morgan fingerprint density at radius 1 is 1.30 bits per heavy atom. The Labute approximate surface area is 161 Å². The van der Waals surface area contributed by atoms with Gasteiger partial charge in [-0.25, -0.2) is 10.5 Å². The first-order chi connectivity index (χ1) is 13.0. The summed E-state index contributed by atoms with van der Waals surface area (Å²) in [5.41, 5.74) is 4.54. The number of carbonyl (C=O) groups excluding carboxylic acids is 1. The SMILES string of the molecule is CCCCCCc1nc2cc(C=CC(=O)NO)ccc2n1CCNC(C)C. The Kier molecular flexibility index (Phi) is 8.48. The number of hydrogen-bond donors (Lipinski definition) is 3. The first kappa shape index (κ1) is 21.1. The van der Waals surface area contributed by atoms with E-state index in [1.165, 1.54) is 25.3 Å². The summed E-state index contributed by atoms with van der Waals surface area (Å²) < 4.78 is 2.31. The molecule has 6 heteroatoms. The fraction of sp³-hybridized carbons (Fsp3) is 0.524. The number of nitrogens with one attached hydrogen (secondary N) is 2. The van der Waals surface area contributed by atoms with Crippen LogP contribution in [0.4, 0.5) is 0 Å². The van der Waals surface area contributed by atoms with Crippen LogP contribution in [0, 0.1) is 0 Å². The largest absolute Gasteiger partial charge is 0.327 e. The van der Waals surface area contributed by atoms with Gasteiger partial charge in [-0.3, -0.25) is 10.0 Å². The number of hydrogen-bond acceptors (Lipinski definition) is 4. The van der Waals surface area contributed by atoms with Crippen LogP contribution in [0.5, 0.6) is 0 Å². The van der Waals surface area contributed by atoms with Crippen molar-refractivity contribution in [3.63, 3.8) is 0 Å². The summed E-state index contributed by atoms with van der Waals surface area (Å²) in [6.07, 6.45) is 8.82. The van der Waals surface area contributed by atoms with E-state index in [9.17, 15) is 4.79 Å². The molecular weight excluding hydrogens is 340 g/mol. The summed E-state index contributed by atoms with van der Waals surface area (Å²) in [7, 11) is 0. The highest BCUT2D eigenvalue weighted by atomic mass is 16.5. The highest BCUT2D eigenvalue weighted by Gasteiger charge is 2.11. The lowest BCUT2D eigenvalue weighted by Crippen LogP contribution is -2.27. The summed E-state index contributed by atoms with van der Waals surface area (Å²) in [5, 5.41) is 12.1. The van der Waals surface area contributed by atoms with E-state index in [1.54, 1.807) is 11.6 Å². The number of fused-ring (bicyclic) bond motifs is 1. The lowest BCUT2D eigenvalue weighted by Gasteiger charge is -2.12. The third-order valence-corrected chi connectivity index (χ3v) is 4.53. The number of aromatic nitrogens is 2. The third kappa shape index (κ3) is 6.48. The van der Waals surface area contributed by atoms with Crippen LogP contribution in [-0.4, -0.2) is 33.3 Å². The molecule has 0 unspecified atom stereocenters. The summed E-state index contributed by atoms with van der Waals surface area (Å²) in [6.45, 7) is 8.32. The van der Waals surface area contributed by atoms with E-state index in [-0.39, 0.29) is 0 Å².